The second-order valence-electron chi connectivity index (χ2n) is 5.92. The van der Waals surface area contributed by atoms with Gasteiger partial charge in [-0.25, -0.2) is 4.98 Å². The van der Waals surface area contributed by atoms with Crippen LogP contribution in [0.25, 0.3) is 0 Å². The maximum atomic E-state index is 6.07. The van der Waals surface area contributed by atoms with Gasteiger partial charge in [-0.3, -0.25) is 4.99 Å². The van der Waals surface area contributed by atoms with E-state index in [1.54, 1.807) is 0 Å². The Labute approximate surface area is 149 Å². The number of nitrogens with two attached hydrogens (primary N) is 1. The molecule has 2 aliphatic heterocycles. The Balaban J connectivity index is 0.00000176. The molecular weight excluding hydrogens is 393 g/mol. The van der Waals surface area contributed by atoms with Crippen molar-refractivity contribution in [3.05, 3.63) is 17.7 Å². The molecule has 0 aromatic carbocycles. The van der Waals surface area contributed by atoms with Gasteiger partial charge in [0.05, 0.1) is 18.4 Å². The molecule has 3 heterocycles. The van der Waals surface area contributed by atoms with Crippen LogP contribution in [-0.4, -0.2) is 52.8 Å². The first-order valence-corrected chi connectivity index (χ1v) is 7.94. The van der Waals surface area contributed by atoms with Gasteiger partial charge in [0.15, 0.2) is 5.96 Å². The Morgan fingerprint density at radius 3 is 3.09 bits per heavy atom. The first kappa shape index (κ1) is 17.5. The van der Waals surface area contributed by atoms with Crippen molar-refractivity contribution in [2.75, 3.05) is 26.2 Å². The second-order valence-corrected chi connectivity index (χ2v) is 5.92. The molecule has 1 unspecified atom stereocenters. The molecule has 0 amide bonds. The van der Waals surface area contributed by atoms with Gasteiger partial charge >= 0.3 is 0 Å². The zero-order valence-corrected chi connectivity index (χ0v) is 15.5. The number of halogens is 1. The molecule has 0 radical (unpaired) electrons. The van der Waals surface area contributed by atoms with Gasteiger partial charge in [-0.05, 0) is 19.8 Å². The highest BCUT2D eigenvalue weighted by atomic mass is 127. The van der Waals surface area contributed by atoms with Crippen LogP contribution in [0.2, 0.25) is 0 Å². The minimum Gasteiger partial charge on any atom is -0.375 e. The van der Waals surface area contributed by atoms with Gasteiger partial charge in [-0.2, -0.15) is 0 Å². The summed E-state index contributed by atoms with van der Waals surface area (Å²) < 4.78 is 7.80. The number of ether oxygens (including phenoxy) is 1. The van der Waals surface area contributed by atoms with Crippen molar-refractivity contribution in [1.29, 1.82) is 0 Å². The number of aliphatic imine (C=N–C) groups is 1. The summed E-state index contributed by atoms with van der Waals surface area (Å²) in [4.78, 5) is 11.3. The molecule has 1 aromatic heterocycles. The number of hydrogen-bond donors (Lipinski definition) is 1. The summed E-state index contributed by atoms with van der Waals surface area (Å²) in [5.74, 6) is 1.87. The highest BCUT2D eigenvalue weighted by Crippen LogP contribution is 2.14. The lowest BCUT2D eigenvalue weighted by Crippen LogP contribution is -2.47. The zero-order valence-electron chi connectivity index (χ0n) is 13.2. The lowest BCUT2D eigenvalue weighted by atomic mass is 10.2. The number of fused-ring (bicyclic) bond motifs is 1. The minimum absolute atomic E-state index is 0. The van der Waals surface area contributed by atoms with Crippen LogP contribution in [0.15, 0.2) is 11.2 Å². The number of guanidine groups is 1. The van der Waals surface area contributed by atoms with Crippen molar-refractivity contribution in [1.82, 2.24) is 14.5 Å². The Bertz CT molecular complexity index is 493. The zero-order chi connectivity index (χ0) is 14.7. The Morgan fingerprint density at radius 1 is 1.45 bits per heavy atom. The SMILES string of the molecule is CC1CN(C(N)=NCCc2cn3c(n2)CCCC3)CCO1.I. The number of aromatic nitrogens is 2. The average Bonchev–Trinajstić information content (AvgIpc) is 2.89. The number of nitrogens with zero attached hydrogens (tertiary/aromatic N) is 4. The lowest BCUT2D eigenvalue weighted by Gasteiger charge is -2.31. The van der Waals surface area contributed by atoms with E-state index >= 15 is 0 Å². The summed E-state index contributed by atoms with van der Waals surface area (Å²) in [5.41, 5.74) is 7.20. The number of hydrogen-bond acceptors (Lipinski definition) is 3. The molecule has 124 valence electrons. The molecule has 1 saturated heterocycles. The fraction of sp³-hybridized carbons (Fsp3) is 0.733. The molecule has 0 spiro atoms. The van der Waals surface area contributed by atoms with Gasteiger partial charge < -0.3 is 19.9 Å². The molecule has 1 aromatic rings. The normalized spacial score (nSPS) is 22.1. The van der Waals surface area contributed by atoms with E-state index in [2.05, 4.69) is 27.6 Å². The molecule has 3 rings (SSSR count). The van der Waals surface area contributed by atoms with Gasteiger partial charge in [0.2, 0.25) is 0 Å². The Hall–Kier alpha value is -0.830. The summed E-state index contributed by atoms with van der Waals surface area (Å²) in [6.45, 7) is 6.26. The number of morpholine rings is 1. The van der Waals surface area contributed by atoms with Crippen LogP contribution in [0.4, 0.5) is 0 Å². The van der Waals surface area contributed by atoms with E-state index in [1.807, 2.05) is 0 Å². The third-order valence-corrected chi connectivity index (χ3v) is 4.17. The van der Waals surface area contributed by atoms with E-state index in [-0.39, 0.29) is 30.1 Å². The molecule has 2 N–H and O–H groups in total. The highest BCUT2D eigenvalue weighted by Gasteiger charge is 2.18. The monoisotopic (exact) mass is 419 g/mol. The fourth-order valence-electron chi connectivity index (χ4n) is 3.00. The van der Waals surface area contributed by atoms with Crippen LogP contribution in [0.5, 0.6) is 0 Å². The summed E-state index contributed by atoms with van der Waals surface area (Å²) in [5, 5.41) is 0. The quantitative estimate of drug-likeness (QED) is 0.457. The van der Waals surface area contributed by atoms with E-state index in [1.165, 1.54) is 18.7 Å². The van der Waals surface area contributed by atoms with Crippen LogP contribution < -0.4 is 5.73 Å². The van der Waals surface area contributed by atoms with Gasteiger partial charge in [-0.15, -0.1) is 24.0 Å². The molecule has 6 nitrogen and oxygen atoms in total. The minimum atomic E-state index is 0. The van der Waals surface area contributed by atoms with Crippen LogP contribution >= 0.6 is 24.0 Å². The van der Waals surface area contributed by atoms with E-state index in [4.69, 9.17) is 15.5 Å². The molecule has 1 fully saturated rings. The Kier molecular flexibility index (Phi) is 6.49. The second kappa shape index (κ2) is 8.14. The van der Waals surface area contributed by atoms with Crippen molar-refractivity contribution in [3.8, 4) is 0 Å². The molecule has 7 heteroatoms. The van der Waals surface area contributed by atoms with Crippen LogP contribution in [0.1, 0.15) is 31.3 Å². The summed E-state index contributed by atoms with van der Waals surface area (Å²) >= 11 is 0. The van der Waals surface area contributed by atoms with Crippen LogP contribution in [0.3, 0.4) is 0 Å². The first-order valence-electron chi connectivity index (χ1n) is 7.94. The molecule has 1 atom stereocenters. The van der Waals surface area contributed by atoms with Gasteiger partial charge in [-0.1, -0.05) is 0 Å². The molecule has 2 aliphatic rings. The van der Waals surface area contributed by atoms with Crippen molar-refractivity contribution in [3.63, 3.8) is 0 Å². The third-order valence-electron chi connectivity index (χ3n) is 4.17. The molecule has 0 aliphatic carbocycles. The highest BCUT2D eigenvalue weighted by molar-refractivity contribution is 14.0. The van der Waals surface area contributed by atoms with Crippen molar-refractivity contribution >= 4 is 29.9 Å². The van der Waals surface area contributed by atoms with Gasteiger partial charge in [0.1, 0.15) is 5.82 Å². The summed E-state index contributed by atoms with van der Waals surface area (Å²) in [7, 11) is 0. The molecule has 0 bridgehead atoms. The largest absolute Gasteiger partial charge is 0.375 e. The Morgan fingerprint density at radius 2 is 2.32 bits per heavy atom. The van der Waals surface area contributed by atoms with Crippen LogP contribution in [-0.2, 0) is 24.1 Å². The topological polar surface area (TPSA) is 68.7 Å². The number of rotatable bonds is 3. The average molecular weight is 419 g/mol. The molecular formula is C15H26IN5O. The summed E-state index contributed by atoms with van der Waals surface area (Å²) in [6.07, 6.45) is 6.90. The maximum absolute atomic E-state index is 6.07. The van der Waals surface area contributed by atoms with Crippen LogP contribution in [0, 0.1) is 0 Å². The first-order chi connectivity index (χ1) is 10.2. The smallest absolute Gasteiger partial charge is 0.191 e. The summed E-state index contributed by atoms with van der Waals surface area (Å²) in [6, 6.07) is 0. The maximum Gasteiger partial charge on any atom is 0.191 e. The third kappa shape index (κ3) is 4.34. The molecule has 0 saturated carbocycles. The predicted octanol–water partition coefficient (Wildman–Crippen LogP) is 1.42. The van der Waals surface area contributed by atoms with Gasteiger partial charge in [0, 0.05) is 45.2 Å². The molecule has 22 heavy (non-hydrogen) atoms. The van der Waals surface area contributed by atoms with E-state index in [9.17, 15) is 0 Å². The van der Waals surface area contributed by atoms with E-state index < -0.39 is 0 Å². The van der Waals surface area contributed by atoms with Gasteiger partial charge in [0.25, 0.3) is 0 Å². The number of aryl methyl sites for hydroxylation is 2. The van der Waals surface area contributed by atoms with Crippen molar-refractivity contribution in [2.24, 2.45) is 10.7 Å². The predicted molar refractivity (Wildman–Crippen MR) is 97.8 cm³/mol. The fourth-order valence-corrected chi connectivity index (χ4v) is 3.00. The number of imidazole rings is 1. The van der Waals surface area contributed by atoms with Crippen molar-refractivity contribution in [2.45, 2.75) is 45.3 Å². The van der Waals surface area contributed by atoms with E-state index in [0.29, 0.717) is 12.5 Å². The van der Waals surface area contributed by atoms with Crippen molar-refractivity contribution < 1.29 is 4.74 Å². The standard InChI is InChI=1S/C15H25N5O.HI/c1-12-10-20(8-9-21-12)15(16)17-6-5-13-11-19-7-3-2-4-14(19)18-13;/h11-12H,2-10H2,1H3,(H2,16,17);1H. The lowest BCUT2D eigenvalue weighted by molar-refractivity contribution is 0.00530. The van der Waals surface area contributed by atoms with E-state index in [0.717, 1.165) is 44.8 Å².